The van der Waals surface area contributed by atoms with Crippen LogP contribution in [0.2, 0.25) is 0 Å². The number of aromatic nitrogens is 1. The first-order valence-electron chi connectivity index (χ1n) is 7.47. The highest BCUT2D eigenvalue weighted by molar-refractivity contribution is 5.98. The maximum absolute atomic E-state index is 12.5. The SMILES string of the molecule is COCCOc1ccc(NC(=O)C(C)(OC)C2CC2)c(C)n1. The summed E-state index contributed by atoms with van der Waals surface area (Å²) in [7, 11) is 3.20. The van der Waals surface area contributed by atoms with Crippen molar-refractivity contribution in [2.24, 2.45) is 5.92 Å². The van der Waals surface area contributed by atoms with Gasteiger partial charge in [0.25, 0.3) is 5.91 Å². The third-order valence-corrected chi connectivity index (χ3v) is 4.08. The smallest absolute Gasteiger partial charge is 0.256 e. The number of carbonyl (C=O) groups is 1. The van der Waals surface area contributed by atoms with Gasteiger partial charge in [-0.2, -0.15) is 0 Å². The molecule has 0 radical (unpaired) electrons. The van der Waals surface area contributed by atoms with Gasteiger partial charge in [-0.05, 0) is 38.7 Å². The highest BCUT2D eigenvalue weighted by Crippen LogP contribution is 2.42. The van der Waals surface area contributed by atoms with Crippen LogP contribution in [0.5, 0.6) is 5.88 Å². The summed E-state index contributed by atoms with van der Waals surface area (Å²) in [5.74, 6) is 0.683. The van der Waals surface area contributed by atoms with E-state index in [1.54, 1.807) is 26.4 Å². The third kappa shape index (κ3) is 3.75. The number of amides is 1. The van der Waals surface area contributed by atoms with Gasteiger partial charge < -0.3 is 19.5 Å². The fourth-order valence-corrected chi connectivity index (χ4v) is 2.31. The second-order valence-corrected chi connectivity index (χ2v) is 5.66. The summed E-state index contributed by atoms with van der Waals surface area (Å²) in [5, 5.41) is 2.91. The molecule has 1 atom stereocenters. The van der Waals surface area contributed by atoms with Crippen molar-refractivity contribution in [3.63, 3.8) is 0 Å². The summed E-state index contributed by atoms with van der Waals surface area (Å²) in [4.78, 5) is 16.8. The average molecular weight is 308 g/mol. The fraction of sp³-hybridized carbons (Fsp3) is 0.625. The molecule has 1 saturated carbocycles. The molecule has 1 unspecified atom stereocenters. The Balaban J connectivity index is 2.02. The lowest BCUT2D eigenvalue weighted by atomic mass is 9.99. The molecule has 1 aliphatic rings. The monoisotopic (exact) mass is 308 g/mol. The van der Waals surface area contributed by atoms with Crippen LogP contribution in [0.15, 0.2) is 12.1 Å². The van der Waals surface area contributed by atoms with Gasteiger partial charge >= 0.3 is 0 Å². The molecule has 6 heteroatoms. The minimum absolute atomic E-state index is 0.129. The molecule has 1 fully saturated rings. The molecular weight excluding hydrogens is 284 g/mol. The number of carbonyl (C=O) groups excluding carboxylic acids is 1. The first kappa shape index (κ1) is 16.7. The molecule has 2 rings (SSSR count). The number of nitrogens with one attached hydrogen (secondary N) is 1. The molecule has 1 aromatic rings. The van der Waals surface area contributed by atoms with Crippen LogP contribution in [-0.4, -0.2) is 43.9 Å². The van der Waals surface area contributed by atoms with Crippen molar-refractivity contribution in [2.75, 3.05) is 32.8 Å². The molecule has 1 aromatic heterocycles. The predicted octanol–water partition coefficient (Wildman–Crippen LogP) is 2.17. The maximum atomic E-state index is 12.5. The average Bonchev–Trinajstić information content (AvgIpc) is 3.34. The molecule has 1 N–H and O–H groups in total. The predicted molar refractivity (Wildman–Crippen MR) is 83.1 cm³/mol. The number of nitrogens with zero attached hydrogens (tertiary/aromatic N) is 1. The molecule has 0 aromatic carbocycles. The highest BCUT2D eigenvalue weighted by atomic mass is 16.5. The van der Waals surface area contributed by atoms with E-state index in [1.807, 2.05) is 13.8 Å². The van der Waals surface area contributed by atoms with Crippen molar-refractivity contribution < 1.29 is 19.0 Å². The van der Waals surface area contributed by atoms with E-state index in [1.165, 1.54) is 0 Å². The van der Waals surface area contributed by atoms with E-state index in [0.29, 0.717) is 36.4 Å². The quantitative estimate of drug-likeness (QED) is 0.745. The zero-order valence-corrected chi connectivity index (χ0v) is 13.6. The van der Waals surface area contributed by atoms with Crippen molar-refractivity contribution in [2.45, 2.75) is 32.3 Å². The number of hydrogen-bond acceptors (Lipinski definition) is 5. The normalized spacial score (nSPS) is 16.9. The zero-order chi connectivity index (χ0) is 16.2. The molecule has 1 aliphatic carbocycles. The summed E-state index contributed by atoms with van der Waals surface area (Å²) in [6, 6.07) is 3.53. The molecule has 0 saturated heterocycles. The van der Waals surface area contributed by atoms with E-state index >= 15 is 0 Å². The Morgan fingerprint density at radius 2 is 2.09 bits per heavy atom. The van der Waals surface area contributed by atoms with Crippen molar-refractivity contribution in [1.29, 1.82) is 0 Å². The molecular formula is C16H24N2O4. The molecule has 1 amide bonds. The Morgan fingerprint density at radius 3 is 2.64 bits per heavy atom. The third-order valence-electron chi connectivity index (χ3n) is 4.08. The van der Waals surface area contributed by atoms with Gasteiger partial charge in [0.15, 0.2) is 0 Å². The van der Waals surface area contributed by atoms with Crippen LogP contribution in [-0.2, 0) is 14.3 Å². The van der Waals surface area contributed by atoms with E-state index in [0.717, 1.165) is 12.8 Å². The van der Waals surface area contributed by atoms with Gasteiger partial charge in [-0.15, -0.1) is 0 Å². The van der Waals surface area contributed by atoms with Crippen LogP contribution in [0.4, 0.5) is 5.69 Å². The van der Waals surface area contributed by atoms with Crippen LogP contribution in [0.3, 0.4) is 0 Å². The Bertz CT molecular complexity index is 531. The van der Waals surface area contributed by atoms with Gasteiger partial charge in [0.1, 0.15) is 12.2 Å². The Labute approximate surface area is 131 Å². The number of hydrogen-bond donors (Lipinski definition) is 1. The van der Waals surface area contributed by atoms with Crippen LogP contribution >= 0.6 is 0 Å². The summed E-state index contributed by atoms with van der Waals surface area (Å²) >= 11 is 0. The number of pyridine rings is 1. The summed E-state index contributed by atoms with van der Waals surface area (Å²) in [6.07, 6.45) is 2.06. The summed E-state index contributed by atoms with van der Waals surface area (Å²) in [5.41, 5.74) is 0.602. The van der Waals surface area contributed by atoms with Crippen molar-refractivity contribution in [3.05, 3.63) is 17.8 Å². The maximum Gasteiger partial charge on any atom is 0.256 e. The molecule has 1 heterocycles. The minimum Gasteiger partial charge on any atom is -0.475 e. The molecule has 0 aliphatic heterocycles. The number of ether oxygens (including phenoxy) is 3. The van der Waals surface area contributed by atoms with Crippen molar-refractivity contribution >= 4 is 11.6 Å². The van der Waals surface area contributed by atoms with E-state index in [4.69, 9.17) is 14.2 Å². The topological polar surface area (TPSA) is 69.7 Å². The molecule has 22 heavy (non-hydrogen) atoms. The van der Waals surface area contributed by atoms with Crippen LogP contribution in [0.25, 0.3) is 0 Å². The first-order valence-corrected chi connectivity index (χ1v) is 7.47. The van der Waals surface area contributed by atoms with Gasteiger partial charge in [0.05, 0.1) is 18.0 Å². The lowest BCUT2D eigenvalue weighted by Gasteiger charge is -2.27. The number of anilines is 1. The second kappa shape index (κ2) is 7.07. The van der Waals surface area contributed by atoms with Gasteiger partial charge in [-0.3, -0.25) is 4.79 Å². The Morgan fingerprint density at radius 1 is 1.36 bits per heavy atom. The van der Waals surface area contributed by atoms with Crippen molar-refractivity contribution in [3.8, 4) is 5.88 Å². The van der Waals surface area contributed by atoms with E-state index in [-0.39, 0.29) is 5.91 Å². The van der Waals surface area contributed by atoms with Gasteiger partial charge in [-0.25, -0.2) is 4.98 Å². The summed E-state index contributed by atoms with van der Waals surface area (Å²) in [6.45, 7) is 4.62. The van der Waals surface area contributed by atoms with Crippen LogP contribution in [0, 0.1) is 12.8 Å². The molecule has 0 spiro atoms. The van der Waals surface area contributed by atoms with E-state index < -0.39 is 5.60 Å². The van der Waals surface area contributed by atoms with E-state index in [9.17, 15) is 4.79 Å². The number of methoxy groups -OCH3 is 2. The highest BCUT2D eigenvalue weighted by Gasteiger charge is 2.47. The second-order valence-electron chi connectivity index (χ2n) is 5.66. The fourth-order valence-electron chi connectivity index (χ4n) is 2.31. The van der Waals surface area contributed by atoms with Gasteiger partial charge in [0.2, 0.25) is 5.88 Å². The van der Waals surface area contributed by atoms with E-state index in [2.05, 4.69) is 10.3 Å². The van der Waals surface area contributed by atoms with Gasteiger partial charge in [-0.1, -0.05) is 0 Å². The molecule has 6 nitrogen and oxygen atoms in total. The lowest BCUT2D eigenvalue weighted by Crippen LogP contribution is -2.44. The first-order chi connectivity index (χ1) is 10.5. The lowest BCUT2D eigenvalue weighted by molar-refractivity contribution is -0.138. The zero-order valence-electron chi connectivity index (χ0n) is 13.6. The van der Waals surface area contributed by atoms with Crippen molar-refractivity contribution in [1.82, 2.24) is 4.98 Å². The molecule has 0 bridgehead atoms. The Kier molecular flexibility index (Phi) is 5.37. The largest absolute Gasteiger partial charge is 0.475 e. The number of aryl methyl sites for hydroxylation is 1. The number of rotatable bonds is 8. The van der Waals surface area contributed by atoms with Crippen LogP contribution in [0.1, 0.15) is 25.5 Å². The van der Waals surface area contributed by atoms with Gasteiger partial charge in [0, 0.05) is 20.3 Å². The van der Waals surface area contributed by atoms with Crippen LogP contribution < -0.4 is 10.1 Å². The minimum atomic E-state index is -0.778. The molecule has 122 valence electrons. The Hall–Kier alpha value is -1.66. The standard InChI is InChI=1S/C16H24N2O4/c1-11-13(7-8-14(17-11)22-10-9-20-3)18-15(19)16(2,21-4)12-5-6-12/h7-8,12H,5-6,9-10H2,1-4H3,(H,18,19). The summed E-state index contributed by atoms with van der Waals surface area (Å²) < 4.78 is 15.8.